The summed E-state index contributed by atoms with van der Waals surface area (Å²) in [6.07, 6.45) is 0. The molecule has 0 saturated carbocycles. The molecule has 0 unspecified atom stereocenters. The minimum atomic E-state index is -0.592. The number of halogens is 1. The van der Waals surface area contributed by atoms with Gasteiger partial charge in [-0.2, -0.15) is 0 Å². The Morgan fingerprint density at radius 3 is 2.80 bits per heavy atom. The van der Waals surface area contributed by atoms with E-state index in [4.69, 9.17) is 9.47 Å². The van der Waals surface area contributed by atoms with E-state index in [0.29, 0.717) is 23.6 Å². The molecule has 0 radical (unpaired) electrons. The van der Waals surface area contributed by atoms with Gasteiger partial charge in [-0.1, -0.05) is 6.07 Å². The van der Waals surface area contributed by atoms with E-state index in [0.717, 1.165) is 5.56 Å². The molecule has 7 heteroatoms. The first kappa shape index (κ1) is 16.8. The quantitative estimate of drug-likeness (QED) is 0.929. The van der Waals surface area contributed by atoms with Crippen molar-refractivity contribution in [3.8, 4) is 11.5 Å². The van der Waals surface area contributed by atoms with Gasteiger partial charge in [-0.15, -0.1) is 0 Å². The molecule has 3 rings (SSSR count). The van der Waals surface area contributed by atoms with Gasteiger partial charge in [-0.3, -0.25) is 9.59 Å². The highest BCUT2D eigenvalue weighted by Gasteiger charge is 2.20. The molecule has 0 aliphatic carbocycles. The average Bonchev–Trinajstić information content (AvgIpc) is 2.75. The number of nitrogens with one attached hydrogen (secondary N) is 1. The second-order valence-corrected chi connectivity index (χ2v) is 5.66. The van der Waals surface area contributed by atoms with Gasteiger partial charge in [0.25, 0.3) is 11.8 Å². The summed E-state index contributed by atoms with van der Waals surface area (Å²) in [7, 11) is 3.12. The van der Waals surface area contributed by atoms with Gasteiger partial charge >= 0.3 is 0 Å². The second-order valence-electron chi connectivity index (χ2n) is 5.66. The first-order valence-corrected chi connectivity index (χ1v) is 7.62. The van der Waals surface area contributed by atoms with Crippen molar-refractivity contribution in [3.05, 3.63) is 53.3 Å². The van der Waals surface area contributed by atoms with Crippen molar-refractivity contribution in [1.82, 2.24) is 4.90 Å². The van der Waals surface area contributed by atoms with Crippen LogP contribution in [0.25, 0.3) is 0 Å². The number of anilines is 1. The van der Waals surface area contributed by atoms with Crippen molar-refractivity contribution in [3.63, 3.8) is 0 Å². The highest BCUT2D eigenvalue weighted by atomic mass is 19.1. The van der Waals surface area contributed by atoms with Crippen LogP contribution in [-0.4, -0.2) is 37.5 Å². The Morgan fingerprint density at radius 2 is 2.08 bits per heavy atom. The highest BCUT2D eigenvalue weighted by molar-refractivity contribution is 6.04. The van der Waals surface area contributed by atoms with Gasteiger partial charge in [-0.05, 0) is 24.3 Å². The molecule has 6 nitrogen and oxygen atoms in total. The number of methoxy groups -OCH3 is 1. The normalized spacial score (nSPS) is 13.6. The predicted molar refractivity (Wildman–Crippen MR) is 89.3 cm³/mol. The fraction of sp³-hybridized carbons (Fsp3) is 0.222. The van der Waals surface area contributed by atoms with Crippen LogP contribution < -0.4 is 14.8 Å². The van der Waals surface area contributed by atoms with Gasteiger partial charge in [0.15, 0.2) is 6.61 Å². The summed E-state index contributed by atoms with van der Waals surface area (Å²) in [5, 5.41) is 2.52. The third-order valence-electron chi connectivity index (χ3n) is 3.94. The number of ether oxygens (including phenoxy) is 2. The largest absolute Gasteiger partial charge is 0.497 e. The molecule has 0 bridgehead atoms. The van der Waals surface area contributed by atoms with Crippen molar-refractivity contribution in [2.24, 2.45) is 0 Å². The molecule has 130 valence electrons. The maximum absolute atomic E-state index is 14.0. The van der Waals surface area contributed by atoms with Crippen LogP contribution in [0.15, 0.2) is 36.4 Å². The topological polar surface area (TPSA) is 67.9 Å². The van der Waals surface area contributed by atoms with Crippen LogP contribution in [0.3, 0.4) is 0 Å². The van der Waals surface area contributed by atoms with Gasteiger partial charge in [0.1, 0.15) is 17.3 Å². The van der Waals surface area contributed by atoms with E-state index >= 15 is 0 Å². The summed E-state index contributed by atoms with van der Waals surface area (Å²) in [5.41, 5.74) is 1.17. The lowest BCUT2D eigenvalue weighted by atomic mass is 10.1. The molecule has 2 aromatic rings. The fourth-order valence-corrected chi connectivity index (χ4v) is 2.47. The number of rotatable bonds is 3. The molecule has 1 N–H and O–H groups in total. The standard InChI is InChI=1S/C18H17FN2O4/c1-21-9-12-4-3-11(7-16(12)25-10-17(21)22)18(23)20-15-6-5-13(24-2)8-14(15)19/h3-8H,9-10H2,1-2H3,(H,20,23). The Morgan fingerprint density at radius 1 is 1.28 bits per heavy atom. The minimum Gasteiger partial charge on any atom is -0.497 e. The lowest BCUT2D eigenvalue weighted by molar-refractivity contribution is -0.131. The van der Waals surface area contributed by atoms with E-state index in [9.17, 15) is 14.0 Å². The molecule has 0 saturated heterocycles. The molecule has 2 amide bonds. The summed E-state index contributed by atoms with van der Waals surface area (Å²) in [4.78, 5) is 25.6. The van der Waals surface area contributed by atoms with Crippen LogP contribution in [0.4, 0.5) is 10.1 Å². The van der Waals surface area contributed by atoms with Crippen LogP contribution in [0.5, 0.6) is 11.5 Å². The number of hydrogen-bond acceptors (Lipinski definition) is 4. The molecule has 0 spiro atoms. The van der Waals surface area contributed by atoms with Gasteiger partial charge in [0, 0.05) is 30.8 Å². The fourth-order valence-electron chi connectivity index (χ4n) is 2.47. The molecule has 1 aliphatic rings. The molecule has 1 heterocycles. The van der Waals surface area contributed by atoms with Gasteiger partial charge < -0.3 is 19.7 Å². The van der Waals surface area contributed by atoms with E-state index < -0.39 is 11.7 Å². The lowest BCUT2D eigenvalue weighted by Crippen LogP contribution is -2.28. The van der Waals surface area contributed by atoms with E-state index in [1.54, 1.807) is 36.2 Å². The SMILES string of the molecule is COc1ccc(NC(=O)c2ccc3c(c2)OCC(=O)N(C)C3)c(F)c1. The average molecular weight is 344 g/mol. The van der Waals surface area contributed by atoms with Crippen LogP contribution in [-0.2, 0) is 11.3 Å². The van der Waals surface area contributed by atoms with E-state index in [-0.39, 0.29) is 18.2 Å². The smallest absolute Gasteiger partial charge is 0.260 e. The lowest BCUT2D eigenvalue weighted by Gasteiger charge is -2.13. The predicted octanol–water partition coefficient (Wildman–Crippen LogP) is 2.44. The zero-order valence-electron chi connectivity index (χ0n) is 13.8. The van der Waals surface area contributed by atoms with Crippen molar-refractivity contribution in [1.29, 1.82) is 0 Å². The number of fused-ring (bicyclic) bond motifs is 1. The third-order valence-corrected chi connectivity index (χ3v) is 3.94. The Balaban J connectivity index is 1.81. The van der Waals surface area contributed by atoms with Crippen LogP contribution in [0.2, 0.25) is 0 Å². The van der Waals surface area contributed by atoms with E-state index in [1.807, 2.05) is 0 Å². The number of carbonyl (C=O) groups is 2. The zero-order valence-corrected chi connectivity index (χ0v) is 13.8. The first-order valence-electron chi connectivity index (χ1n) is 7.62. The Hall–Kier alpha value is -3.09. The summed E-state index contributed by atoms with van der Waals surface area (Å²) in [5.74, 6) is -0.365. The molecule has 0 fully saturated rings. The van der Waals surface area contributed by atoms with Gasteiger partial charge in [0.2, 0.25) is 0 Å². The summed E-state index contributed by atoms with van der Waals surface area (Å²) >= 11 is 0. The van der Waals surface area contributed by atoms with Crippen LogP contribution in [0, 0.1) is 5.82 Å². The third kappa shape index (κ3) is 3.55. The van der Waals surface area contributed by atoms with Gasteiger partial charge in [-0.25, -0.2) is 4.39 Å². The number of nitrogens with zero attached hydrogens (tertiary/aromatic N) is 1. The maximum atomic E-state index is 14.0. The number of carbonyl (C=O) groups excluding carboxylic acids is 2. The van der Waals surface area contributed by atoms with E-state index in [2.05, 4.69) is 5.32 Å². The summed E-state index contributed by atoms with van der Waals surface area (Å²) in [6, 6.07) is 9.07. The molecule has 25 heavy (non-hydrogen) atoms. The van der Waals surface area contributed by atoms with Crippen molar-refractivity contribution in [2.45, 2.75) is 6.54 Å². The van der Waals surface area contributed by atoms with Crippen LogP contribution in [0.1, 0.15) is 15.9 Å². The number of amides is 2. The monoisotopic (exact) mass is 344 g/mol. The van der Waals surface area contributed by atoms with Crippen LogP contribution >= 0.6 is 0 Å². The highest BCUT2D eigenvalue weighted by Crippen LogP contribution is 2.26. The molecule has 0 atom stereocenters. The second kappa shape index (κ2) is 6.80. The minimum absolute atomic E-state index is 0.0524. The van der Waals surface area contributed by atoms with Crippen molar-refractivity contribution >= 4 is 17.5 Å². The summed E-state index contributed by atoms with van der Waals surface area (Å²) in [6.45, 7) is 0.324. The van der Waals surface area contributed by atoms with Crippen molar-refractivity contribution in [2.75, 3.05) is 26.1 Å². The molecular formula is C18H17FN2O4. The molecular weight excluding hydrogens is 327 g/mol. The number of benzene rings is 2. The molecule has 1 aliphatic heterocycles. The molecule has 0 aromatic heterocycles. The number of hydrogen-bond donors (Lipinski definition) is 1. The Bertz CT molecular complexity index is 838. The first-order chi connectivity index (χ1) is 12.0. The molecule has 2 aromatic carbocycles. The Labute approximate surface area is 144 Å². The summed E-state index contributed by atoms with van der Waals surface area (Å²) < 4.78 is 24.4. The Kier molecular flexibility index (Phi) is 4.56. The maximum Gasteiger partial charge on any atom is 0.260 e. The van der Waals surface area contributed by atoms with Crippen molar-refractivity contribution < 1.29 is 23.5 Å². The number of likely N-dealkylation sites (N-methyl/N-ethyl adjacent to an activating group) is 1. The zero-order chi connectivity index (χ0) is 18.0. The van der Waals surface area contributed by atoms with Gasteiger partial charge in [0.05, 0.1) is 12.8 Å². The van der Waals surface area contributed by atoms with E-state index in [1.165, 1.54) is 19.2 Å².